The molecule has 33 heavy (non-hydrogen) atoms. The monoisotopic (exact) mass is 424 g/mol. The van der Waals surface area contributed by atoms with Crippen LogP contribution < -0.4 is 10.0 Å². The number of hydrogen-bond acceptors (Lipinski definition) is 2. The Morgan fingerprint density at radius 2 is 0.879 bits per heavy atom. The van der Waals surface area contributed by atoms with E-state index in [1.807, 2.05) is 0 Å². The summed E-state index contributed by atoms with van der Waals surface area (Å²) in [6.07, 6.45) is 0.933. The van der Waals surface area contributed by atoms with E-state index in [-0.39, 0.29) is 0 Å². The van der Waals surface area contributed by atoms with Crippen LogP contribution >= 0.6 is 0 Å². The molecule has 0 spiro atoms. The van der Waals surface area contributed by atoms with Gasteiger partial charge in [0.25, 0.3) is 0 Å². The Hall–Kier alpha value is -4.30. The minimum atomic E-state index is 0.933. The van der Waals surface area contributed by atoms with Gasteiger partial charge in [0.2, 0.25) is 0 Å². The molecule has 2 heteroatoms. The Labute approximate surface area is 195 Å². The van der Waals surface area contributed by atoms with Crippen LogP contribution in [0.4, 0.5) is 22.7 Å². The average molecular weight is 425 g/mol. The van der Waals surface area contributed by atoms with Crippen molar-refractivity contribution in [1.29, 1.82) is 0 Å². The minimum absolute atomic E-state index is 0.933. The van der Waals surface area contributed by atoms with Gasteiger partial charge in [-0.05, 0) is 64.7 Å². The van der Waals surface area contributed by atoms with Crippen molar-refractivity contribution >= 4 is 22.7 Å². The summed E-state index contributed by atoms with van der Waals surface area (Å²) in [4.78, 5) is 0. The number of para-hydroxylation sites is 3. The van der Waals surface area contributed by atoms with Crippen molar-refractivity contribution < 1.29 is 0 Å². The average Bonchev–Trinajstić information content (AvgIpc) is 3.28. The van der Waals surface area contributed by atoms with Gasteiger partial charge in [0.15, 0.2) is 0 Å². The van der Waals surface area contributed by atoms with Crippen LogP contribution in [-0.2, 0) is 6.42 Å². The molecule has 0 saturated carbocycles. The van der Waals surface area contributed by atoms with Gasteiger partial charge in [-0.25, -0.2) is 10.0 Å². The predicted molar refractivity (Wildman–Crippen MR) is 138 cm³/mol. The van der Waals surface area contributed by atoms with Crippen molar-refractivity contribution in [2.75, 3.05) is 10.0 Å². The van der Waals surface area contributed by atoms with Crippen LogP contribution in [0.25, 0.3) is 11.1 Å². The zero-order valence-electron chi connectivity index (χ0n) is 18.3. The summed E-state index contributed by atoms with van der Waals surface area (Å²) in [6, 6.07) is 47.3. The van der Waals surface area contributed by atoms with Crippen molar-refractivity contribution in [3.05, 3.63) is 145 Å². The van der Waals surface area contributed by atoms with Gasteiger partial charge in [-0.1, -0.05) is 91.0 Å². The van der Waals surface area contributed by atoms with Crippen LogP contribution in [0.3, 0.4) is 0 Å². The summed E-state index contributed by atoms with van der Waals surface area (Å²) in [5.74, 6) is 0. The molecule has 0 fully saturated rings. The van der Waals surface area contributed by atoms with Crippen LogP contribution in [-0.4, -0.2) is 0 Å². The molecule has 0 saturated heterocycles. The summed E-state index contributed by atoms with van der Waals surface area (Å²) in [5.41, 5.74) is 9.95. The lowest BCUT2D eigenvalue weighted by Crippen LogP contribution is -2.36. The molecule has 0 heterocycles. The summed E-state index contributed by atoms with van der Waals surface area (Å²) >= 11 is 0. The third-order valence-corrected chi connectivity index (χ3v) is 6.26. The van der Waals surface area contributed by atoms with Gasteiger partial charge in [0, 0.05) is 6.42 Å². The second kappa shape index (κ2) is 8.33. The number of hydrazine groups is 1. The number of benzene rings is 5. The van der Waals surface area contributed by atoms with E-state index in [9.17, 15) is 0 Å². The smallest absolute Gasteiger partial charge is 0.0678 e. The maximum Gasteiger partial charge on any atom is 0.0678 e. The number of hydrogen-bond donors (Lipinski definition) is 0. The summed E-state index contributed by atoms with van der Waals surface area (Å²) in [7, 11) is 0. The van der Waals surface area contributed by atoms with E-state index in [0.717, 1.165) is 23.5 Å². The molecule has 0 atom stereocenters. The summed E-state index contributed by atoms with van der Waals surface area (Å²) in [6.45, 7) is 0. The number of anilines is 4. The standard InChI is InChI=1S/C31H24N2/c1-4-14-25(15-5-1)32(26-16-6-2-7-17-26)33(27-18-8-3-9-19-27)31-22-12-21-29-28-20-11-10-13-24(28)23-30(29)31/h1-22H,23H2. The lowest BCUT2D eigenvalue weighted by Gasteiger charge is -2.39. The van der Waals surface area contributed by atoms with Crippen LogP contribution in [0, 0.1) is 0 Å². The fourth-order valence-electron chi connectivity index (χ4n) is 4.79. The first kappa shape index (κ1) is 19.4. The fourth-order valence-corrected chi connectivity index (χ4v) is 4.79. The van der Waals surface area contributed by atoms with Crippen LogP contribution in [0.15, 0.2) is 133 Å². The molecule has 0 amide bonds. The van der Waals surface area contributed by atoms with Gasteiger partial charge in [0.05, 0.1) is 22.7 Å². The van der Waals surface area contributed by atoms with Gasteiger partial charge in [-0.15, -0.1) is 0 Å². The molecule has 6 rings (SSSR count). The van der Waals surface area contributed by atoms with E-state index in [4.69, 9.17) is 0 Å². The van der Waals surface area contributed by atoms with Crippen molar-refractivity contribution in [1.82, 2.24) is 0 Å². The van der Waals surface area contributed by atoms with E-state index in [1.54, 1.807) is 0 Å². The Kier molecular flexibility index (Phi) is 4.89. The molecule has 5 aromatic rings. The lowest BCUT2D eigenvalue weighted by atomic mass is 10.0. The zero-order chi connectivity index (χ0) is 22.0. The largest absolute Gasteiger partial charge is 0.249 e. The Morgan fingerprint density at radius 3 is 1.48 bits per heavy atom. The van der Waals surface area contributed by atoms with Crippen molar-refractivity contribution in [3.8, 4) is 11.1 Å². The van der Waals surface area contributed by atoms with E-state index < -0.39 is 0 Å². The molecule has 0 bridgehead atoms. The first-order valence-corrected chi connectivity index (χ1v) is 11.4. The fraction of sp³-hybridized carbons (Fsp3) is 0.0323. The van der Waals surface area contributed by atoms with Gasteiger partial charge >= 0.3 is 0 Å². The van der Waals surface area contributed by atoms with Crippen LogP contribution in [0.1, 0.15) is 11.1 Å². The number of nitrogens with zero attached hydrogens (tertiary/aromatic N) is 2. The van der Waals surface area contributed by atoms with E-state index >= 15 is 0 Å². The molecular formula is C31H24N2. The van der Waals surface area contributed by atoms with Gasteiger partial charge in [0.1, 0.15) is 0 Å². The first-order valence-electron chi connectivity index (χ1n) is 11.4. The van der Waals surface area contributed by atoms with Crippen LogP contribution in [0.5, 0.6) is 0 Å². The van der Waals surface area contributed by atoms with E-state index in [0.29, 0.717) is 0 Å². The number of rotatable bonds is 5. The zero-order valence-corrected chi connectivity index (χ0v) is 18.3. The summed E-state index contributed by atoms with van der Waals surface area (Å²) < 4.78 is 0. The highest BCUT2D eigenvalue weighted by atomic mass is 15.6. The van der Waals surface area contributed by atoms with E-state index in [2.05, 4.69) is 143 Å². The maximum absolute atomic E-state index is 2.36. The normalized spacial score (nSPS) is 11.5. The van der Waals surface area contributed by atoms with Crippen molar-refractivity contribution in [2.45, 2.75) is 6.42 Å². The Morgan fingerprint density at radius 1 is 0.394 bits per heavy atom. The summed E-state index contributed by atoms with van der Waals surface area (Å²) in [5, 5.41) is 4.67. The minimum Gasteiger partial charge on any atom is -0.249 e. The number of fused-ring (bicyclic) bond motifs is 3. The molecule has 1 aliphatic carbocycles. The molecule has 2 nitrogen and oxygen atoms in total. The quantitative estimate of drug-likeness (QED) is 0.258. The van der Waals surface area contributed by atoms with Gasteiger partial charge < -0.3 is 0 Å². The first-order chi connectivity index (χ1) is 16.4. The second-order valence-corrected chi connectivity index (χ2v) is 8.27. The third kappa shape index (κ3) is 3.46. The molecule has 5 aromatic carbocycles. The van der Waals surface area contributed by atoms with Crippen molar-refractivity contribution in [3.63, 3.8) is 0 Å². The molecule has 0 unspecified atom stereocenters. The van der Waals surface area contributed by atoms with Gasteiger partial charge in [-0.2, -0.15) is 0 Å². The van der Waals surface area contributed by atoms with Crippen LogP contribution in [0.2, 0.25) is 0 Å². The molecule has 0 N–H and O–H groups in total. The van der Waals surface area contributed by atoms with Crippen molar-refractivity contribution in [2.24, 2.45) is 0 Å². The lowest BCUT2D eigenvalue weighted by molar-refractivity contribution is 0.979. The van der Waals surface area contributed by atoms with Gasteiger partial charge in [-0.3, -0.25) is 0 Å². The Bertz CT molecular complexity index is 1340. The molecule has 0 radical (unpaired) electrons. The Balaban J connectivity index is 1.60. The topological polar surface area (TPSA) is 6.48 Å². The SMILES string of the molecule is c1ccc(N(c2ccccc2)N(c2ccccc2)c2cccc3c2Cc2ccccc2-3)cc1. The highest BCUT2D eigenvalue weighted by Crippen LogP contribution is 2.45. The maximum atomic E-state index is 2.36. The molecule has 0 aromatic heterocycles. The molecule has 158 valence electrons. The molecule has 1 aliphatic rings. The predicted octanol–water partition coefficient (Wildman–Crippen LogP) is 8.15. The third-order valence-electron chi connectivity index (χ3n) is 6.26. The highest BCUT2D eigenvalue weighted by Gasteiger charge is 2.27. The molecule has 0 aliphatic heterocycles. The molecular weight excluding hydrogens is 400 g/mol. The van der Waals surface area contributed by atoms with E-state index in [1.165, 1.54) is 27.9 Å². The highest BCUT2D eigenvalue weighted by molar-refractivity contribution is 5.87. The second-order valence-electron chi connectivity index (χ2n) is 8.27.